The quantitative estimate of drug-likeness (QED) is 0.794. The number of aliphatic imine (C=N–C) groups is 1. The van der Waals surface area contributed by atoms with E-state index >= 15 is 0 Å². The number of hydrogen-bond donors (Lipinski definition) is 1. The zero-order chi connectivity index (χ0) is 16.7. The van der Waals surface area contributed by atoms with E-state index in [0.717, 1.165) is 18.1 Å². The molecule has 0 amide bonds. The predicted octanol–water partition coefficient (Wildman–Crippen LogP) is 3.98. The highest BCUT2D eigenvalue weighted by atomic mass is 15.1. The summed E-state index contributed by atoms with van der Waals surface area (Å²) in [4.78, 5) is 10.8. The first kappa shape index (κ1) is 14.7. The number of benzene rings is 2. The van der Waals surface area contributed by atoms with Gasteiger partial charge in [-0.3, -0.25) is 9.98 Å². The van der Waals surface area contributed by atoms with Crippen molar-refractivity contribution in [2.45, 2.75) is 13.5 Å². The van der Waals surface area contributed by atoms with Crippen molar-refractivity contribution in [3.8, 4) is 0 Å². The van der Waals surface area contributed by atoms with Gasteiger partial charge in [-0.15, -0.1) is 0 Å². The van der Waals surface area contributed by atoms with E-state index in [2.05, 4.69) is 70.6 Å². The van der Waals surface area contributed by atoms with Crippen LogP contribution in [-0.2, 0) is 6.54 Å². The van der Waals surface area contributed by atoms with Crippen molar-refractivity contribution >= 4 is 28.0 Å². The molecule has 0 spiro atoms. The maximum atomic E-state index is 4.38. The minimum absolute atomic E-state index is 0.850. The molecule has 1 aliphatic rings. The van der Waals surface area contributed by atoms with Crippen molar-refractivity contribution in [3.05, 3.63) is 65.5 Å². The van der Waals surface area contributed by atoms with Gasteiger partial charge in [-0.1, -0.05) is 12.1 Å². The molecule has 3 aromatic rings. The van der Waals surface area contributed by atoms with Gasteiger partial charge in [-0.25, -0.2) is 0 Å². The van der Waals surface area contributed by atoms with Crippen molar-refractivity contribution in [1.82, 2.24) is 4.98 Å². The Morgan fingerprint density at radius 1 is 1.04 bits per heavy atom. The maximum Gasteiger partial charge on any atom is 0.133 e. The van der Waals surface area contributed by atoms with Crippen LogP contribution in [0.2, 0.25) is 0 Å². The van der Waals surface area contributed by atoms with Gasteiger partial charge in [-0.05, 0) is 42.3 Å². The SMILES string of the molecule is CN=C1Nc2ccc(N(C)Cc3ccncc3)c3c(C)ccc1c23. The van der Waals surface area contributed by atoms with Crippen molar-refractivity contribution in [2.75, 3.05) is 24.3 Å². The number of aromatic nitrogens is 1. The summed E-state index contributed by atoms with van der Waals surface area (Å²) in [6.45, 7) is 3.02. The fourth-order valence-corrected chi connectivity index (χ4v) is 3.48. The molecule has 0 saturated carbocycles. The van der Waals surface area contributed by atoms with Crippen LogP contribution < -0.4 is 10.2 Å². The second-order valence-electron chi connectivity index (χ2n) is 6.22. The minimum atomic E-state index is 0.850. The lowest BCUT2D eigenvalue weighted by molar-refractivity contribution is 0.924. The molecule has 0 aliphatic carbocycles. The minimum Gasteiger partial charge on any atom is -0.370 e. The summed E-state index contributed by atoms with van der Waals surface area (Å²) in [7, 11) is 3.97. The summed E-state index contributed by atoms with van der Waals surface area (Å²) in [6, 6.07) is 12.8. The normalized spacial score (nSPS) is 14.2. The molecule has 2 heterocycles. The lowest BCUT2D eigenvalue weighted by Crippen LogP contribution is -2.17. The van der Waals surface area contributed by atoms with Crippen molar-refractivity contribution in [3.63, 3.8) is 0 Å². The first-order valence-electron chi connectivity index (χ1n) is 8.09. The number of aryl methyl sites for hydroxylation is 1. The van der Waals surface area contributed by atoms with Crippen molar-refractivity contribution < 1.29 is 0 Å². The van der Waals surface area contributed by atoms with E-state index in [0.29, 0.717) is 0 Å². The first-order chi connectivity index (χ1) is 11.7. The summed E-state index contributed by atoms with van der Waals surface area (Å²) in [5.41, 5.74) is 6.11. The van der Waals surface area contributed by atoms with Gasteiger partial charge < -0.3 is 10.2 Å². The third kappa shape index (κ3) is 2.22. The number of pyridine rings is 1. The standard InChI is InChI=1S/C20H20N4/c1-13-4-5-15-19-16(23-20(15)21-2)6-7-17(18(13)19)24(3)12-14-8-10-22-11-9-14/h4-11H,12H2,1-3H3,(H,21,23). The highest BCUT2D eigenvalue weighted by Gasteiger charge is 2.22. The Morgan fingerprint density at radius 3 is 2.58 bits per heavy atom. The molecule has 0 fully saturated rings. The van der Waals surface area contributed by atoms with E-state index in [4.69, 9.17) is 0 Å². The molecule has 1 aliphatic heterocycles. The average Bonchev–Trinajstić information content (AvgIpc) is 2.97. The molecular formula is C20H20N4. The van der Waals surface area contributed by atoms with Crippen LogP contribution in [0.15, 0.2) is 53.8 Å². The van der Waals surface area contributed by atoms with Gasteiger partial charge in [0.25, 0.3) is 0 Å². The fourth-order valence-electron chi connectivity index (χ4n) is 3.48. The highest BCUT2D eigenvalue weighted by Crippen LogP contribution is 2.40. The van der Waals surface area contributed by atoms with Crippen LogP contribution in [0.4, 0.5) is 11.4 Å². The fraction of sp³-hybridized carbons (Fsp3) is 0.200. The third-order valence-electron chi connectivity index (χ3n) is 4.66. The van der Waals surface area contributed by atoms with Crippen LogP contribution in [0, 0.1) is 6.92 Å². The Labute approximate surface area is 141 Å². The van der Waals surface area contributed by atoms with Crippen molar-refractivity contribution in [1.29, 1.82) is 0 Å². The summed E-state index contributed by atoms with van der Waals surface area (Å²) >= 11 is 0. The largest absolute Gasteiger partial charge is 0.370 e. The molecule has 0 unspecified atom stereocenters. The van der Waals surface area contributed by atoms with Gasteiger partial charge in [-0.2, -0.15) is 0 Å². The Balaban J connectivity index is 1.86. The predicted molar refractivity (Wildman–Crippen MR) is 101 cm³/mol. The van der Waals surface area contributed by atoms with Crippen LogP contribution in [0.5, 0.6) is 0 Å². The number of amidine groups is 1. The lowest BCUT2D eigenvalue weighted by atomic mass is 9.98. The Kier molecular flexibility index (Phi) is 3.45. The molecule has 0 saturated heterocycles. The molecular weight excluding hydrogens is 296 g/mol. The summed E-state index contributed by atoms with van der Waals surface area (Å²) in [6.07, 6.45) is 3.69. The van der Waals surface area contributed by atoms with E-state index in [1.54, 1.807) is 0 Å². The van der Waals surface area contributed by atoms with Gasteiger partial charge in [0, 0.05) is 60.7 Å². The van der Waals surface area contributed by atoms with Crippen LogP contribution in [0.1, 0.15) is 16.7 Å². The van der Waals surface area contributed by atoms with E-state index < -0.39 is 0 Å². The second kappa shape index (κ2) is 5.64. The summed E-state index contributed by atoms with van der Waals surface area (Å²) in [5.74, 6) is 0.948. The van der Waals surface area contributed by atoms with Crippen LogP contribution >= 0.6 is 0 Å². The molecule has 24 heavy (non-hydrogen) atoms. The number of hydrogen-bond acceptors (Lipinski definition) is 3. The monoisotopic (exact) mass is 316 g/mol. The van der Waals surface area contributed by atoms with Crippen LogP contribution in [-0.4, -0.2) is 24.9 Å². The third-order valence-corrected chi connectivity index (χ3v) is 4.66. The molecule has 4 nitrogen and oxygen atoms in total. The Bertz CT molecular complexity index is 945. The zero-order valence-electron chi connectivity index (χ0n) is 14.2. The molecule has 1 N–H and O–H groups in total. The first-order valence-corrected chi connectivity index (χ1v) is 8.09. The van der Waals surface area contributed by atoms with Crippen LogP contribution in [0.3, 0.4) is 0 Å². The molecule has 0 atom stereocenters. The molecule has 1 aromatic heterocycles. The van der Waals surface area contributed by atoms with Crippen LogP contribution in [0.25, 0.3) is 10.8 Å². The lowest BCUT2D eigenvalue weighted by Gasteiger charge is -2.22. The number of anilines is 2. The summed E-state index contributed by atoms with van der Waals surface area (Å²) in [5, 5.41) is 6.00. The highest BCUT2D eigenvalue weighted by molar-refractivity contribution is 6.28. The molecule has 4 rings (SSSR count). The van der Waals surface area contributed by atoms with Gasteiger partial charge >= 0.3 is 0 Å². The van der Waals surface area contributed by atoms with E-state index in [-0.39, 0.29) is 0 Å². The number of nitrogens with zero attached hydrogens (tertiary/aromatic N) is 3. The molecule has 120 valence electrons. The van der Waals surface area contributed by atoms with Gasteiger partial charge in [0.1, 0.15) is 5.84 Å². The van der Waals surface area contributed by atoms with E-state index in [9.17, 15) is 0 Å². The number of rotatable bonds is 3. The smallest absolute Gasteiger partial charge is 0.133 e. The zero-order valence-corrected chi connectivity index (χ0v) is 14.2. The topological polar surface area (TPSA) is 40.5 Å². The average molecular weight is 316 g/mol. The Morgan fingerprint density at radius 2 is 1.83 bits per heavy atom. The molecule has 0 radical (unpaired) electrons. The molecule has 0 bridgehead atoms. The summed E-state index contributed by atoms with van der Waals surface area (Å²) < 4.78 is 0. The maximum absolute atomic E-state index is 4.38. The number of nitrogens with one attached hydrogen (secondary N) is 1. The van der Waals surface area contributed by atoms with E-state index in [1.807, 2.05) is 19.4 Å². The van der Waals surface area contributed by atoms with Gasteiger partial charge in [0.05, 0.1) is 0 Å². The van der Waals surface area contributed by atoms with Gasteiger partial charge in [0.15, 0.2) is 0 Å². The van der Waals surface area contributed by atoms with Gasteiger partial charge in [0.2, 0.25) is 0 Å². The molecule has 4 heteroatoms. The van der Waals surface area contributed by atoms with Crippen molar-refractivity contribution in [2.24, 2.45) is 4.99 Å². The molecule has 2 aromatic carbocycles. The second-order valence-corrected chi connectivity index (χ2v) is 6.22. The Hall–Kier alpha value is -2.88. The van der Waals surface area contributed by atoms with E-state index in [1.165, 1.54) is 33.2 Å².